The lowest BCUT2D eigenvalue weighted by Gasteiger charge is -2.10. The van der Waals surface area contributed by atoms with Crippen molar-refractivity contribution in [2.75, 3.05) is 14.1 Å². The van der Waals surface area contributed by atoms with E-state index in [9.17, 15) is 0 Å². The zero-order chi connectivity index (χ0) is 12.4. The van der Waals surface area contributed by atoms with Gasteiger partial charge in [0.2, 0.25) is 0 Å². The molecule has 17 heavy (non-hydrogen) atoms. The third-order valence-electron chi connectivity index (χ3n) is 2.38. The molecule has 3 nitrogen and oxygen atoms in total. The molecule has 0 saturated heterocycles. The van der Waals surface area contributed by atoms with E-state index >= 15 is 0 Å². The minimum Gasteiger partial charge on any atom is -0.275 e. The van der Waals surface area contributed by atoms with Crippen molar-refractivity contribution in [2.24, 2.45) is 7.05 Å². The van der Waals surface area contributed by atoms with Crippen LogP contribution in [0, 0.1) is 6.92 Å². The molecule has 2 rings (SSSR count). The second-order valence-corrected chi connectivity index (χ2v) is 5.73. The van der Waals surface area contributed by atoms with Crippen LogP contribution in [0.4, 0.5) is 0 Å². The highest BCUT2D eigenvalue weighted by molar-refractivity contribution is 7.97. The number of aryl methyl sites for hydroxylation is 2. The Morgan fingerprint density at radius 1 is 1.18 bits per heavy atom. The fourth-order valence-electron chi connectivity index (χ4n) is 1.75. The monoisotopic (exact) mass is 247 g/mol. The molecule has 1 heterocycles. The first-order valence-electron chi connectivity index (χ1n) is 5.50. The van der Waals surface area contributed by atoms with E-state index in [2.05, 4.69) is 48.6 Å². The van der Waals surface area contributed by atoms with Gasteiger partial charge in [-0.2, -0.15) is 5.10 Å². The summed E-state index contributed by atoms with van der Waals surface area (Å²) < 4.78 is 3.93. The smallest absolute Gasteiger partial charge is 0.0568 e. The van der Waals surface area contributed by atoms with Gasteiger partial charge in [0.1, 0.15) is 0 Å². The Morgan fingerprint density at radius 3 is 2.53 bits per heavy atom. The molecule has 0 aliphatic heterocycles. The summed E-state index contributed by atoms with van der Waals surface area (Å²) in [5, 5.41) is 4.21. The van der Waals surface area contributed by atoms with Crippen LogP contribution in [0.15, 0.2) is 35.5 Å². The zero-order valence-electron chi connectivity index (χ0n) is 10.6. The first-order valence-corrected chi connectivity index (χ1v) is 6.28. The standard InChI is InChI=1S/C13H17N3S/c1-10-5-11(12-8-14-16(4)9-12)7-13(6-10)17-15(2)3/h5-9H,1-4H3. The first-order chi connectivity index (χ1) is 8.04. The van der Waals surface area contributed by atoms with Gasteiger partial charge in [0.05, 0.1) is 6.20 Å². The number of nitrogens with zero attached hydrogens (tertiary/aromatic N) is 3. The van der Waals surface area contributed by atoms with Gasteiger partial charge < -0.3 is 0 Å². The molecule has 2 aromatic rings. The van der Waals surface area contributed by atoms with Crippen molar-refractivity contribution < 1.29 is 0 Å². The molecule has 0 aliphatic carbocycles. The molecular weight excluding hydrogens is 230 g/mol. The van der Waals surface area contributed by atoms with Crippen molar-refractivity contribution in [1.29, 1.82) is 0 Å². The Morgan fingerprint density at radius 2 is 1.94 bits per heavy atom. The van der Waals surface area contributed by atoms with Crippen LogP contribution in [-0.2, 0) is 7.05 Å². The van der Waals surface area contributed by atoms with E-state index in [1.54, 1.807) is 11.9 Å². The van der Waals surface area contributed by atoms with E-state index in [-0.39, 0.29) is 0 Å². The zero-order valence-corrected chi connectivity index (χ0v) is 11.5. The molecule has 90 valence electrons. The molecule has 0 fully saturated rings. The summed E-state index contributed by atoms with van der Waals surface area (Å²) in [6, 6.07) is 6.59. The normalized spacial score (nSPS) is 11.1. The number of benzene rings is 1. The summed E-state index contributed by atoms with van der Waals surface area (Å²) in [4.78, 5) is 1.26. The van der Waals surface area contributed by atoms with Crippen molar-refractivity contribution in [3.8, 4) is 11.1 Å². The minimum atomic E-state index is 1.16. The molecule has 0 atom stereocenters. The Bertz CT molecular complexity index is 517. The van der Waals surface area contributed by atoms with Crippen LogP contribution in [0.2, 0.25) is 0 Å². The summed E-state index contributed by atoms with van der Waals surface area (Å²) in [5.41, 5.74) is 3.66. The maximum Gasteiger partial charge on any atom is 0.0568 e. The summed E-state index contributed by atoms with van der Waals surface area (Å²) in [7, 11) is 6.04. The molecular formula is C13H17N3S. The van der Waals surface area contributed by atoms with Gasteiger partial charge in [-0.15, -0.1) is 0 Å². The topological polar surface area (TPSA) is 21.1 Å². The van der Waals surface area contributed by atoms with Crippen LogP contribution in [0.25, 0.3) is 11.1 Å². The van der Waals surface area contributed by atoms with Crippen molar-refractivity contribution in [1.82, 2.24) is 14.1 Å². The van der Waals surface area contributed by atoms with Gasteiger partial charge in [0.15, 0.2) is 0 Å². The number of hydrogen-bond donors (Lipinski definition) is 0. The highest BCUT2D eigenvalue weighted by Crippen LogP contribution is 2.27. The molecule has 0 aliphatic rings. The van der Waals surface area contributed by atoms with Gasteiger partial charge in [0, 0.05) is 23.7 Å². The lowest BCUT2D eigenvalue weighted by atomic mass is 10.1. The van der Waals surface area contributed by atoms with Crippen LogP contribution in [0.1, 0.15) is 5.56 Å². The van der Waals surface area contributed by atoms with Gasteiger partial charge in [-0.05, 0) is 56.2 Å². The quantitative estimate of drug-likeness (QED) is 0.778. The van der Waals surface area contributed by atoms with E-state index in [0.717, 1.165) is 5.56 Å². The fourth-order valence-corrected chi connectivity index (χ4v) is 2.59. The van der Waals surface area contributed by atoms with E-state index in [1.165, 1.54) is 16.0 Å². The average Bonchev–Trinajstić information content (AvgIpc) is 2.62. The first kappa shape index (κ1) is 12.2. The maximum atomic E-state index is 4.21. The predicted molar refractivity (Wildman–Crippen MR) is 72.9 cm³/mol. The van der Waals surface area contributed by atoms with Crippen LogP contribution < -0.4 is 0 Å². The number of aromatic nitrogens is 2. The Labute approximate surface area is 107 Å². The molecule has 0 saturated carbocycles. The second kappa shape index (κ2) is 4.94. The lowest BCUT2D eigenvalue weighted by Crippen LogP contribution is -1.98. The Balaban J connectivity index is 2.37. The summed E-state index contributed by atoms with van der Waals surface area (Å²) >= 11 is 1.73. The third-order valence-corrected chi connectivity index (χ3v) is 3.19. The van der Waals surface area contributed by atoms with Gasteiger partial charge in [0.25, 0.3) is 0 Å². The molecule has 0 N–H and O–H groups in total. The molecule has 0 amide bonds. The SMILES string of the molecule is Cc1cc(SN(C)C)cc(-c2cnn(C)c2)c1. The average molecular weight is 247 g/mol. The van der Waals surface area contributed by atoms with Gasteiger partial charge in [-0.3, -0.25) is 8.99 Å². The predicted octanol–water partition coefficient (Wildman–Crippen LogP) is 2.96. The minimum absolute atomic E-state index is 1.16. The highest BCUT2D eigenvalue weighted by Gasteiger charge is 2.04. The molecule has 1 aromatic carbocycles. The maximum absolute atomic E-state index is 4.21. The van der Waals surface area contributed by atoms with Crippen LogP contribution >= 0.6 is 11.9 Å². The lowest BCUT2D eigenvalue weighted by molar-refractivity contribution is 0.702. The van der Waals surface area contributed by atoms with E-state index in [4.69, 9.17) is 0 Å². The van der Waals surface area contributed by atoms with E-state index < -0.39 is 0 Å². The summed E-state index contributed by atoms with van der Waals surface area (Å²) in [6.07, 6.45) is 3.94. The van der Waals surface area contributed by atoms with Crippen molar-refractivity contribution in [2.45, 2.75) is 11.8 Å². The molecule has 0 bridgehead atoms. The van der Waals surface area contributed by atoms with Gasteiger partial charge in [-0.1, -0.05) is 6.07 Å². The van der Waals surface area contributed by atoms with Gasteiger partial charge in [-0.25, -0.2) is 0 Å². The molecule has 0 radical (unpaired) electrons. The van der Waals surface area contributed by atoms with Gasteiger partial charge >= 0.3 is 0 Å². The number of hydrogen-bond acceptors (Lipinski definition) is 3. The second-order valence-electron chi connectivity index (χ2n) is 4.34. The Hall–Kier alpha value is -1.26. The third kappa shape index (κ3) is 3.11. The van der Waals surface area contributed by atoms with E-state index in [0.29, 0.717) is 0 Å². The largest absolute Gasteiger partial charge is 0.275 e. The fraction of sp³-hybridized carbons (Fsp3) is 0.308. The highest BCUT2D eigenvalue weighted by atomic mass is 32.2. The van der Waals surface area contributed by atoms with E-state index in [1.807, 2.05) is 24.1 Å². The Kier molecular flexibility index (Phi) is 3.54. The molecule has 4 heteroatoms. The van der Waals surface area contributed by atoms with Crippen molar-refractivity contribution >= 4 is 11.9 Å². The van der Waals surface area contributed by atoms with Crippen LogP contribution in [-0.4, -0.2) is 28.2 Å². The van der Waals surface area contributed by atoms with Crippen molar-refractivity contribution in [3.05, 3.63) is 36.2 Å². The van der Waals surface area contributed by atoms with Crippen LogP contribution in [0.3, 0.4) is 0 Å². The summed E-state index contributed by atoms with van der Waals surface area (Å²) in [6.45, 7) is 2.12. The van der Waals surface area contributed by atoms with Crippen LogP contribution in [0.5, 0.6) is 0 Å². The summed E-state index contributed by atoms with van der Waals surface area (Å²) in [5.74, 6) is 0. The van der Waals surface area contributed by atoms with Crippen molar-refractivity contribution in [3.63, 3.8) is 0 Å². The number of rotatable bonds is 3. The molecule has 0 spiro atoms. The molecule has 0 unspecified atom stereocenters. The molecule has 1 aromatic heterocycles.